The third-order valence-corrected chi connectivity index (χ3v) is 9.05. The molecule has 47 heavy (non-hydrogen) atoms. The van der Waals surface area contributed by atoms with Gasteiger partial charge in [0.2, 0.25) is 0 Å². The first-order valence-corrected chi connectivity index (χ1v) is 16.0. The number of benzene rings is 6. The third-order valence-electron chi connectivity index (χ3n) is 7.99. The van der Waals surface area contributed by atoms with Crippen molar-refractivity contribution in [3.63, 3.8) is 0 Å². The summed E-state index contributed by atoms with van der Waals surface area (Å²) in [4.78, 5) is 19.8. The van der Waals surface area contributed by atoms with Crippen LogP contribution in [0.15, 0.2) is 152 Å². The number of thiazole rings is 1. The Morgan fingerprint density at radius 2 is 0.957 bits per heavy atom. The van der Waals surface area contributed by atoms with Crippen molar-refractivity contribution in [3.8, 4) is 73.1 Å². The van der Waals surface area contributed by atoms with Crippen LogP contribution in [0.2, 0.25) is 0 Å². The first kappa shape index (κ1) is 28.2. The van der Waals surface area contributed by atoms with E-state index in [1.807, 2.05) is 115 Å². The molecule has 0 fully saturated rings. The summed E-state index contributed by atoms with van der Waals surface area (Å²) in [5, 5.41) is 10.4. The highest BCUT2D eigenvalue weighted by Crippen LogP contribution is 2.40. The van der Waals surface area contributed by atoms with Gasteiger partial charge in [0.15, 0.2) is 17.5 Å². The number of fused-ring (bicyclic) bond motifs is 1. The number of nitrogens with zero attached hydrogens (tertiary/aromatic N) is 5. The van der Waals surface area contributed by atoms with Gasteiger partial charge in [0.05, 0.1) is 21.8 Å². The summed E-state index contributed by atoms with van der Waals surface area (Å²) < 4.78 is 1.09. The smallest absolute Gasteiger partial charge is 0.164 e. The Morgan fingerprint density at radius 1 is 0.426 bits per heavy atom. The number of aromatic nitrogens is 4. The minimum absolute atomic E-state index is 0.608. The van der Waals surface area contributed by atoms with Crippen LogP contribution in [-0.2, 0) is 0 Å². The van der Waals surface area contributed by atoms with Gasteiger partial charge in [-0.3, -0.25) is 0 Å². The van der Waals surface area contributed by atoms with E-state index in [0.717, 1.165) is 59.7 Å². The molecule has 6 heteroatoms. The summed E-state index contributed by atoms with van der Waals surface area (Å²) in [7, 11) is 0. The van der Waals surface area contributed by atoms with E-state index in [4.69, 9.17) is 19.9 Å². The van der Waals surface area contributed by atoms with Gasteiger partial charge >= 0.3 is 0 Å². The van der Waals surface area contributed by atoms with Crippen LogP contribution in [0.1, 0.15) is 5.56 Å². The molecule has 2 heterocycles. The van der Waals surface area contributed by atoms with Crippen LogP contribution in [0.3, 0.4) is 0 Å². The molecule has 0 saturated heterocycles. The molecule has 0 radical (unpaired) electrons. The summed E-state index contributed by atoms with van der Waals surface area (Å²) in [6, 6.07) is 53.0. The lowest BCUT2D eigenvalue weighted by Crippen LogP contribution is -2.00. The van der Waals surface area contributed by atoms with Crippen LogP contribution >= 0.6 is 11.3 Å². The molecular formula is C41H25N5S. The topological polar surface area (TPSA) is 75.3 Å². The molecule has 0 spiro atoms. The monoisotopic (exact) mass is 619 g/mol. The summed E-state index contributed by atoms with van der Waals surface area (Å²) in [5.41, 5.74) is 9.53. The van der Waals surface area contributed by atoms with Crippen LogP contribution in [0, 0.1) is 11.3 Å². The van der Waals surface area contributed by atoms with E-state index < -0.39 is 0 Å². The summed E-state index contributed by atoms with van der Waals surface area (Å²) in [6.45, 7) is 0. The molecule has 8 aromatic rings. The average Bonchev–Trinajstić information content (AvgIpc) is 3.60. The fourth-order valence-corrected chi connectivity index (χ4v) is 6.66. The molecule has 0 amide bonds. The van der Waals surface area contributed by atoms with E-state index in [1.54, 1.807) is 11.3 Å². The largest absolute Gasteiger partial charge is 0.235 e. The standard InChI is InChI=1S/C41H25N5S/c42-26-27-19-21-28(22-20-27)35-24-34(25-36-37(35)43-41(47-36)31-15-8-3-9-16-31)32-17-10-18-33(23-32)40-45-38(29-11-4-1-5-12-29)44-39(46-40)30-13-6-2-7-14-30/h1-25H. The van der Waals surface area contributed by atoms with E-state index in [1.165, 1.54) is 0 Å². The van der Waals surface area contributed by atoms with Crippen molar-refractivity contribution in [1.82, 2.24) is 19.9 Å². The number of nitriles is 1. The molecule has 220 valence electrons. The molecular weight excluding hydrogens is 595 g/mol. The molecule has 0 aliphatic carbocycles. The second-order valence-corrected chi connectivity index (χ2v) is 12.1. The molecule has 6 aromatic carbocycles. The van der Waals surface area contributed by atoms with Gasteiger partial charge in [-0.15, -0.1) is 11.3 Å². The Bertz CT molecular complexity index is 2340. The van der Waals surface area contributed by atoms with Gasteiger partial charge in [0.25, 0.3) is 0 Å². The van der Waals surface area contributed by atoms with Crippen molar-refractivity contribution in [3.05, 3.63) is 157 Å². The van der Waals surface area contributed by atoms with E-state index in [9.17, 15) is 5.26 Å². The van der Waals surface area contributed by atoms with Crippen LogP contribution < -0.4 is 0 Å². The maximum atomic E-state index is 9.40. The zero-order chi connectivity index (χ0) is 31.6. The Balaban J connectivity index is 1.28. The Kier molecular flexibility index (Phi) is 7.35. The van der Waals surface area contributed by atoms with E-state index in [0.29, 0.717) is 23.0 Å². The molecule has 8 rings (SSSR count). The van der Waals surface area contributed by atoms with Crippen molar-refractivity contribution < 1.29 is 0 Å². The normalized spacial score (nSPS) is 11.0. The van der Waals surface area contributed by atoms with Crippen molar-refractivity contribution in [2.75, 3.05) is 0 Å². The number of hydrogen-bond donors (Lipinski definition) is 0. The lowest BCUT2D eigenvalue weighted by molar-refractivity contribution is 1.07. The molecule has 2 aromatic heterocycles. The van der Waals surface area contributed by atoms with E-state index in [2.05, 4.69) is 42.5 Å². The number of hydrogen-bond acceptors (Lipinski definition) is 6. The van der Waals surface area contributed by atoms with Crippen LogP contribution in [0.5, 0.6) is 0 Å². The molecule has 0 saturated carbocycles. The molecule has 0 bridgehead atoms. The molecule has 0 unspecified atom stereocenters. The highest BCUT2D eigenvalue weighted by Gasteiger charge is 2.16. The highest BCUT2D eigenvalue weighted by atomic mass is 32.1. The first-order valence-electron chi connectivity index (χ1n) is 15.2. The molecule has 0 atom stereocenters. The predicted molar refractivity (Wildman–Crippen MR) is 190 cm³/mol. The fraction of sp³-hybridized carbons (Fsp3) is 0. The zero-order valence-corrected chi connectivity index (χ0v) is 25.9. The van der Waals surface area contributed by atoms with Crippen molar-refractivity contribution in [2.45, 2.75) is 0 Å². The van der Waals surface area contributed by atoms with E-state index >= 15 is 0 Å². The van der Waals surface area contributed by atoms with Gasteiger partial charge in [0.1, 0.15) is 5.01 Å². The Morgan fingerprint density at radius 3 is 1.55 bits per heavy atom. The molecule has 5 nitrogen and oxygen atoms in total. The van der Waals surface area contributed by atoms with Crippen LogP contribution in [0.25, 0.3) is 77.2 Å². The quantitative estimate of drug-likeness (QED) is 0.185. The molecule has 0 N–H and O–H groups in total. The zero-order valence-electron chi connectivity index (χ0n) is 25.1. The maximum absolute atomic E-state index is 9.40. The van der Waals surface area contributed by atoms with E-state index in [-0.39, 0.29) is 0 Å². The second-order valence-electron chi connectivity index (χ2n) is 11.1. The lowest BCUT2D eigenvalue weighted by Gasteiger charge is -2.11. The van der Waals surface area contributed by atoms with Gasteiger partial charge < -0.3 is 0 Å². The molecule has 0 aliphatic rings. The summed E-state index contributed by atoms with van der Waals surface area (Å²) in [6.07, 6.45) is 0. The van der Waals surface area contributed by atoms with Crippen LogP contribution in [-0.4, -0.2) is 19.9 Å². The summed E-state index contributed by atoms with van der Waals surface area (Å²) >= 11 is 1.68. The first-order chi connectivity index (χ1) is 23.2. The lowest BCUT2D eigenvalue weighted by atomic mass is 9.96. The van der Waals surface area contributed by atoms with Crippen molar-refractivity contribution in [1.29, 1.82) is 5.26 Å². The van der Waals surface area contributed by atoms with Crippen molar-refractivity contribution in [2.24, 2.45) is 0 Å². The maximum Gasteiger partial charge on any atom is 0.164 e. The van der Waals surface area contributed by atoms with Gasteiger partial charge in [-0.2, -0.15) is 5.26 Å². The minimum atomic E-state index is 0.608. The predicted octanol–water partition coefficient (Wildman–Crippen LogP) is 10.4. The van der Waals surface area contributed by atoms with Crippen LogP contribution in [0.4, 0.5) is 0 Å². The van der Waals surface area contributed by atoms with Gasteiger partial charge in [-0.05, 0) is 47.0 Å². The van der Waals surface area contributed by atoms with Gasteiger partial charge in [-0.25, -0.2) is 19.9 Å². The van der Waals surface area contributed by atoms with Gasteiger partial charge in [0, 0.05) is 27.8 Å². The Hall–Kier alpha value is -6.29. The SMILES string of the molecule is N#Cc1ccc(-c2cc(-c3cccc(-c4nc(-c5ccccc5)nc(-c5ccccc5)n4)c3)cc3sc(-c4ccccc4)nc23)cc1. The minimum Gasteiger partial charge on any atom is -0.235 e. The fourth-order valence-electron chi connectivity index (χ4n) is 5.62. The third kappa shape index (κ3) is 5.68. The van der Waals surface area contributed by atoms with Crippen molar-refractivity contribution >= 4 is 21.6 Å². The van der Waals surface area contributed by atoms with Gasteiger partial charge in [-0.1, -0.05) is 121 Å². The highest BCUT2D eigenvalue weighted by molar-refractivity contribution is 7.21. The second kappa shape index (κ2) is 12.2. The Labute approximate surface area is 276 Å². The average molecular weight is 620 g/mol. The molecule has 0 aliphatic heterocycles. The summed E-state index contributed by atoms with van der Waals surface area (Å²) in [5.74, 6) is 1.86. The number of rotatable bonds is 6.